The van der Waals surface area contributed by atoms with Crippen molar-refractivity contribution >= 4 is 23.6 Å². The number of imide groups is 1. The molecule has 29 heavy (non-hydrogen) atoms. The van der Waals surface area contributed by atoms with E-state index >= 15 is 0 Å². The first-order valence-electron chi connectivity index (χ1n) is 9.82. The monoisotopic (exact) mass is 396 g/mol. The second-order valence-electron chi connectivity index (χ2n) is 7.35. The molecule has 0 heterocycles. The van der Waals surface area contributed by atoms with Crippen molar-refractivity contribution in [3.63, 3.8) is 0 Å². The van der Waals surface area contributed by atoms with Gasteiger partial charge in [0.2, 0.25) is 5.91 Å². The highest BCUT2D eigenvalue weighted by molar-refractivity contribution is 6.04. The van der Waals surface area contributed by atoms with E-state index < -0.39 is 23.8 Å². The van der Waals surface area contributed by atoms with E-state index in [9.17, 15) is 14.4 Å². The fraction of sp³-hybridized carbons (Fsp3) is 0.348. The molecule has 2 aromatic carbocycles. The van der Waals surface area contributed by atoms with Crippen molar-refractivity contribution in [2.24, 2.45) is 11.8 Å². The second-order valence-corrected chi connectivity index (χ2v) is 7.35. The third kappa shape index (κ3) is 6.17. The van der Waals surface area contributed by atoms with Crippen LogP contribution in [0.15, 0.2) is 54.6 Å². The summed E-state index contributed by atoms with van der Waals surface area (Å²) in [7, 11) is 0. The minimum absolute atomic E-state index is 0.142. The molecular weight excluding hydrogens is 368 g/mol. The van der Waals surface area contributed by atoms with Crippen LogP contribution in [0, 0.1) is 11.8 Å². The Labute approximate surface area is 171 Å². The zero-order valence-electron chi connectivity index (χ0n) is 17.1. The number of nitrogens with one attached hydrogen (secondary N) is 1. The van der Waals surface area contributed by atoms with Crippen molar-refractivity contribution in [1.29, 1.82) is 0 Å². The molecule has 6 nitrogen and oxygen atoms in total. The van der Waals surface area contributed by atoms with E-state index in [2.05, 4.69) is 5.32 Å². The number of nitrogens with zero attached hydrogens (tertiary/aromatic N) is 1. The van der Waals surface area contributed by atoms with Gasteiger partial charge in [0, 0.05) is 18.0 Å². The van der Waals surface area contributed by atoms with Crippen molar-refractivity contribution < 1.29 is 19.5 Å². The Morgan fingerprint density at radius 2 is 1.62 bits per heavy atom. The fourth-order valence-corrected chi connectivity index (χ4v) is 3.32. The Balaban J connectivity index is 2.24. The zero-order chi connectivity index (χ0) is 21.4. The van der Waals surface area contributed by atoms with Crippen LogP contribution in [0.25, 0.3) is 11.1 Å². The Kier molecular flexibility index (Phi) is 7.95. The van der Waals surface area contributed by atoms with Gasteiger partial charge in [-0.05, 0) is 30.9 Å². The summed E-state index contributed by atoms with van der Waals surface area (Å²) in [4.78, 5) is 38.1. The molecule has 2 rings (SSSR count). The van der Waals surface area contributed by atoms with Gasteiger partial charge < -0.3 is 10.4 Å². The molecule has 2 aromatic rings. The molecule has 0 aliphatic rings. The number of carbonyl (C=O) groups excluding carboxylic acids is 2. The predicted molar refractivity (Wildman–Crippen MR) is 113 cm³/mol. The first-order valence-corrected chi connectivity index (χ1v) is 9.82. The third-order valence-corrected chi connectivity index (χ3v) is 4.61. The van der Waals surface area contributed by atoms with E-state index in [1.54, 1.807) is 13.0 Å². The van der Waals surface area contributed by atoms with Gasteiger partial charge in [-0.2, -0.15) is 0 Å². The number of hydrogen-bond acceptors (Lipinski definition) is 3. The Morgan fingerprint density at radius 1 is 1.00 bits per heavy atom. The molecule has 0 fully saturated rings. The molecule has 0 aliphatic heterocycles. The lowest BCUT2D eigenvalue weighted by molar-refractivity contribution is -0.143. The van der Waals surface area contributed by atoms with Gasteiger partial charge in [0.15, 0.2) is 0 Å². The average Bonchev–Trinajstić information content (AvgIpc) is 2.68. The van der Waals surface area contributed by atoms with Crippen LogP contribution in [0.5, 0.6) is 0 Å². The standard InChI is InChI=1S/C23H28N2O4/c1-4-25(22(28)18(14-16(2)3)15-21(26)27)23(29)24-20-13-9-8-12-19(20)17-10-6-5-7-11-17/h5-13,16,18H,4,14-15H2,1-3H3,(H,24,29)(H,26,27). The van der Waals surface area contributed by atoms with Gasteiger partial charge in [-0.3, -0.25) is 14.5 Å². The quantitative estimate of drug-likeness (QED) is 0.666. The SMILES string of the molecule is CCN(C(=O)Nc1ccccc1-c1ccccc1)C(=O)C(CC(=O)O)CC(C)C. The highest BCUT2D eigenvalue weighted by atomic mass is 16.4. The fourth-order valence-electron chi connectivity index (χ4n) is 3.32. The van der Waals surface area contributed by atoms with Crippen molar-refractivity contribution in [2.75, 3.05) is 11.9 Å². The van der Waals surface area contributed by atoms with Crippen LogP contribution in [0.1, 0.15) is 33.6 Å². The number of anilines is 1. The van der Waals surface area contributed by atoms with Crippen LogP contribution < -0.4 is 5.32 Å². The summed E-state index contributed by atoms with van der Waals surface area (Å²) in [6, 6.07) is 16.4. The van der Waals surface area contributed by atoms with Gasteiger partial charge >= 0.3 is 12.0 Å². The highest BCUT2D eigenvalue weighted by Crippen LogP contribution is 2.28. The van der Waals surface area contributed by atoms with Crippen LogP contribution in [0.3, 0.4) is 0 Å². The molecule has 3 amide bonds. The van der Waals surface area contributed by atoms with E-state index in [0.717, 1.165) is 16.0 Å². The molecule has 6 heteroatoms. The minimum Gasteiger partial charge on any atom is -0.481 e. The number of carboxylic acid groups (broad SMARTS) is 1. The van der Waals surface area contributed by atoms with Crippen molar-refractivity contribution in [3.05, 3.63) is 54.6 Å². The summed E-state index contributed by atoms with van der Waals surface area (Å²) in [5.74, 6) is -2.10. The summed E-state index contributed by atoms with van der Waals surface area (Å²) in [6.45, 7) is 5.71. The van der Waals surface area contributed by atoms with Crippen LogP contribution in [-0.4, -0.2) is 34.5 Å². The summed E-state index contributed by atoms with van der Waals surface area (Å²) < 4.78 is 0. The number of hydrogen-bond donors (Lipinski definition) is 2. The molecule has 0 saturated heterocycles. The number of aliphatic carboxylic acids is 1. The highest BCUT2D eigenvalue weighted by Gasteiger charge is 2.30. The molecule has 0 bridgehead atoms. The molecule has 0 saturated carbocycles. The first-order chi connectivity index (χ1) is 13.8. The molecule has 1 atom stereocenters. The lowest BCUT2D eigenvalue weighted by Crippen LogP contribution is -2.44. The number of carbonyl (C=O) groups is 3. The number of carboxylic acids is 1. The van der Waals surface area contributed by atoms with Gasteiger partial charge in [-0.15, -0.1) is 0 Å². The van der Waals surface area contributed by atoms with Gasteiger partial charge in [0.05, 0.1) is 12.1 Å². The van der Waals surface area contributed by atoms with Gasteiger partial charge in [0.1, 0.15) is 0 Å². The molecular formula is C23H28N2O4. The van der Waals surface area contributed by atoms with E-state index in [1.165, 1.54) is 0 Å². The zero-order valence-corrected chi connectivity index (χ0v) is 17.1. The molecule has 0 radical (unpaired) electrons. The second kappa shape index (κ2) is 10.4. The topological polar surface area (TPSA) is 86.7 Å². The van der Waals surface area contributed by atoms with E-state index in [1.807, 2.05) is 62.4 Å². The third-order valence-electron chi connectivity index (χ3n) is 4.61. The molecule has 0 aromatic heterocycles. The Hall–Kier alpha value is -3.15. The Morgan fingerprint density at radius 3 is 2.21 bits per heavy atom. The molecule has 0 spiro atoms. The van der Waals surface area contributed by atoms with E-state index in [-0.39, 0.29) is 18.9 Å². The maximum Gasteiger partial charge on any atom is 0.328 e. The van der Waals surface area contributed by atoms with Crippen molar-refractivity contribution in [1.82, 2.24) is 4.90 Å². The number of para-hydroxylation sites is 1. The molecule has 2 N–H and O–H groups in total. The van der Waals surface area contributed by atoms with E-state index in [0.29, 0.717) is 12.1 Å². The lowest BCUT2D eigenvalue weighted by Gasteiger charge is -2.25. The largest absolute Gasteiger partial charge is 0.481 e. The van der Waals surface area contributed by atoms with Gasteiger partial charge in [0.25, 0.3) is 0 Å². The Bertz CT molecular complexity index is 849. The van der Waals surface area contributed by atoms with Crippen LogP contribution >= 0.6 is 0 Å². The smallest absolute Gasteiger partial charge is 0.328 e. The number of urea groups is 1. The average molecular weight is 396 g/mol. The van der Waals surface area contributed by atoms with Gasteiger partial charge in [-0.25, -0.2) is 4.79 Å². The number of benzene rings is 2. The summed E-state index contributed by atoms with van der Waals surface area (Å²) in [5.41, 5.74) is 2.38. The maximum atomic E-state index is 12.9. The molecule has 1 unspecified atom stereocenters. The van der Waals surface area contributed by atoms with Crippen LogP contribution in [0.2, 0.25) is 0 Å². The number of rotatable bonds is 8. The van der Waals surface area contributed by atoms with Crippen molar-refractivity contribution in [3.8, 4) is 11.1 Å². The summed E-state index contributed by atoms with van der Waals surface area (Å²) >= 11 is 0. The lowest BCUT2D eigenvalue weighted by atomic mass is 9.93. The predicted octanol–water partition coefficient (Wildman–Crippen LogP) is 4.87. The summed E-state index contributed by atoms with van der Waals surface area (Å²) in [6.07, 6.45) is 0.122. The van der Waals surface area contributed by atoms with Crippen molar-refractivity contribution in [2.45, 2.75) is 33.6 Å². The first kappa shape index (κ1) is 22.1. The van der Waals surface area contributed by atoms with Crippen LogP contribution in [-0.2, 0) is 9.59 Å². The number of amides is 3. The van der Waals surface area contributed by atoms with Crippen LogP contribution in [0.4, 0.5) is 10.5 Å². The normalized spacial score (nSPS) is 11.7. The van der Waals surface area contributed by atoms with E-state index in [4.69, 9.17) is 5.11 Å². The minimum atomic E-state index is -1.05. The van der Waals surface area contributed by atoms with Gasteiger partial charge in [-0.1, -0.05) is 62.4 Å². The maximum absolute atomic E-state index is 12.9. The molecule has 0 aliphatic carbocycles. The molecule has 154 valence electrons. The summed E-state index contributed by atoms with van der Waals surface area (Å²) in [5, 5.41) is 12.0.